The van der Waals surface area contributed by atoms with E-state index in [4.69, 9.17) is 11.6 Å². The SMILES string of the molecule is CN(C(=O)C1CCSCC1)[C@@H](c1ccc(NC2Cc3ccc(Cl)c(C4CC4)c3C2)cn1)C(F)(F)F. The number of aromatic nitrogens is 1. The van der Waals surface area contributed by atoms with Gasteiger partial charge in [-0.2, -0.15) is 24.9 Å². The number of benzene rings is 1. The molecule has 188 valence electrons. The van der Waals surface area contributed by atoms with Gasteiger partial charge in [-0.3, -0.25) is 9.78 Å². The van der Waals surface area contributed by atoms with Gasteiger partial charge in [-0.05, 0) is 90.8 Å². The number of alkyl halides is 3. The average molecular weight is 524 g/mol. The van der Waals surface area contributed by atoms with Crippen molar-refractivity contribution >= 4 is 35.0 Å². The summed E-state index contributed by atoms with van der Waals surface area (Å²) in [6.07, 6.45) is 2.11. The number of pyridine rings is 1. The number of rotatable bonds is 6. The summed E-state index contributed by atoms with van der Waals surface area (Å²) in [6.45, 7) is 0. The third-order valence-corrected chi connectivity index (χ3v) is 8.73. The Balaban J connectivity index is 1.29. The Hall–Kier alpha value is -1.93. The summed E-state index contributed by atoms with van der Waals surface area (Å²) < 4.78 is 42.1. The van der Waals surface area contributed by atoms with Gasteiger partial charge in [-0.25, -0.2) is 0 Å². The van der Waals surface area contributed by atoms with Crippen LogP contribution in [0.1, 0.15) is 60.0 Å². The molecule has 0 spiro atoms. The topological polar surface area (TPSA) is 45.2 Å². The molecule has 1 aromatic carbocycles. The van der Waals surface area contributed by atoms with Crippen molar-refractivity contribution in [2.45, 2.75) is 62.7 Å². The van der Waals surface area contributed by atoms with Crippen LogP contribution in [-0.4, -0.2) is 46.6 Å². The summed E-state index contributed by atoms with van der Waals surface area (Å²) in [7, 11) is 1.24. The highest BCUT2D eigenvalue weighted by Gasteiger charge is 2.47. The molecular weight excluding hydrogens is 495 g/mol. The molecule has 3 aliphatic rings. The lowest BCUT2D eigenvalue weighted by Gasteiger charge is -2.33. The fourth-order valence-corrected chi connectivity index (χ4v) is 6.88. The van der Waals surface area contributed by atoms with Gasteiger partial charge in [0, 0.05) is 24.0 Å². The van der Waals surface area contributed by atoms with E-state index in [2.05, 4.69) is 16.4 Å². The van der Waals surface area contributed by atoms with E-state index in [9.17, 15) is 18.0 Å². The Kier molecular flexibility index (Phi) is 6.96. The number of hydrogen-bond donors (Lipinski definition) is 1. The van der Waals surface area contributed by atoms with Gasteiger partial charge in [0.25, 0.3) is 0 Å². The van der Waals surface area contributed by atoms with Crippen LogP contribution in [0.2, 0.25) is 5.02 Å². The lowest BCUT2D eigenvalue weighted by Crippen LogP contribution is -2.43. The lowest BCUT2D eigenvalue weighted by molar-refractivity contribution is -0.191. The molecule has 1 saturated carbocycles. The van der Waals surface area contributed by atoms with Crippen LogP contribution in [0.25, 0.3) is 0 Å². The third kappa shape index (κ3) is 5.29. The highest BCUT2D eigenvalue weighted by Crippen LogP contribution is 2.47. The van der Waals surface area contributed by atoms with Crippen molar-refractivity contribution in [1.29, 1.82) is 0 Å². The smallest absolute Gasteiger partial charge is 0.380 e. The predicted molar refractivity (Wildman–Crippen MR) is 134 cm³/mol. The number of carbonyl (C=O) groups excluding carboxylic acids is 1. The van der Waals surface area contributed by atoms with Crippen LogP contribution in [0.5, 0.6) is 0 Å². The molecule has 1 N–H and O–H groups in total. The van der Waals surface area contributed by atoms with Crippen molar-refractivity contribution < 1.29 is 18.0 Å². The lowest BCUT2D eigenvalue weighted by atomic mass is 9.99. The number of anilines is 1. The van der Waals surface area contributed by atoms with Gasteiger partial charge >= 0.3 is 6.18 Å². The van der Waals surface area contributed by atoms with Gasteiger partial charge in [0.15, 0.2) is 6.04 Å². The Morgan fingerprint density at radius 2 is 1.89 bits per heavy atom. The molecular formula is C26H29ClF3N3OS. The molecule has 1 aromatic heterocycles. The van der Waals surface area contributed by atoms with Crippen molar-refractivity contribution in [3.8, 4) is 0 Å². The van der Waals surface area contributed by atoms with Gasteiger partial charge in [0.1, 0.15) is 0 Å². The standard InChI is InChI=1S/C26H29ClF3N3OS/c1-33(25(34)16-8-10-35-11-9-16)24(26(28,29)30)22-7-5-18(14-31-22)32-19-12-17-4-6-21(27)23(15-2-3-15)20(17)13-19/h4-7,14-16,19,24,32H,2-3,8-13H2,1H3/t19?,24-/m0/s1. The largest absolute Gasteiger partial charge is 0.414 e. The first-order valence-corrected chi connectivity index (χ1v) is 13.7. The number of nitrogens with one attached hydrogen (secondary N) is 1. The maximum absolute atomic E-state index is 14.0. The highest BCUT2D eigenvalue weighted by atomic mass is 35.5. The number of carbonyl (C=O) groups is 1. The molecule has 1 saturated heterocycles. The second kappa shape index (κ2) is 9.85. The zero-order valence-corrected chi connectivity index (χ0v) is 21.1. The van der Waals surface area contributed by atoms with Gasteiger partial charge in [-0.1, -0.05) is 17.7 Å². The van der Waals surface area contributed by atoms with E-state index in [1.54, 1.807) is 17.8 Å². The van der Waals surface area contributed by atoms with Gasteiger partial charge < -0.3 is 10.2 Å². The van der Waals surface area contributed by atoms with Crippen molar-refractivity contribution in [2.24, 2.45) is 5.92 Å². The van der Waals surface area contributed by atoms with Gasteiger partial charge in [0.2, 0.25) is 5.91 Å². The van der Waals surface area contributed by atoms with Crippen LogP contribution in [0.15, 0.2) is 30.5 Å². The summed E-state index contributed by atoms with van der Waals surface area (Å²) >= 11 is 8.22. The third-order valence-electron chi connectivity index (χ3n) is 7.36. The van der Waals surface area contributed by atoms with Gasteiger partial charge in [-0.15, -0.1) is 0 Å². The molecule has 2 atom stereocenters. The summed E-state index contributed by atoms with van der Waals surface area (Å²) in [5, 5.41) is 4.27. The summed E-state index contributed by atoms with van der Waals surface area (Å²) in [4.78, 5) is 17.8. The second-order valence-corrected chi connectivity index (χ2v) is 11.5. The Labute approximate surface area is 213 Å². The van der Waals surface area contributed by atoms with Crippen LogP contribution < -0.4 is 5.32 Å². The van der Waals surface area contributed by atoms with E-state index in [-0.39, 0.29) is 17.7 Å². The van der Waals surface area contributed by atoms with E-state index in [0.29, 0.717) is 24.4 Å². The number of fused-ring (bicyclic) bond motifs is 1. The van der Waals surface area contributed by atoms with Crippen LogP contribution in [-0.2, 0) is 17.6 Å². The average Bonchev–Trinajstić information content (AvgIpc) is 3.58. The zero-order chi connectivity index (χ0) is 24.7. The van der Waals surface area contributed by atoms with Crippen LogP contribution in [0.3, 0.4) is 0 Å². The van der Waals surface area contributed by atoms with E-state index in [0.717, 1.165) is 34.3 Å². The van der Waals surface area contributed by atoms with E-state index < -0.39 is 18.1 Å². The Morgan fingerprint density at radius 3 is 2.51 bits per heavy atom. The van der Waals surface area contributed by atoms with Crippen molar-refractivity contribution in [1.82, 2.24) is 9.88 Å². The number of hydrogen-bond acceptors (Lipinski definition) is 4. The van der Waals surface area contributed by atoms with Crippen LogP contribution >= 0.6 is 23.4 Å². The van der Waals surface area contributed by atoms with Crippen LogP contribution in [0.4, 0.5) is 18.9 Å². The van der Waals surface area contributed by atoms with Crippen molar-refractivity contribution in [3.63, 3.8) is 0 Å². The quantitative estimate of drug-likeness (QED) is 0.476. The molecule has 2 fully saturated rings. The zero-order valence-electron chi connectivity index (χ0n) is 19.6. The predicted octanol–water partition coefficient (Wildman–Crippen LogP) is 6.40. The fourth-order valence-electron chi connectivity index (χ4n) is 5.45. The number of nitrogens with zero attached hydrogens (tertiary/aromatic N) is 2. The Morgan fingerprint density at radius 1 is 1.14 bits per heavy atom. The second-order valence-electron chi connectivity index (χ2n) is 9.87. The first-order valence-electron chi connectivity index (χ1n) is 12.2. The van der Waals surface area contributed by atoms with Crippen molar-refractivity contribution in [3.05, 3.63) is 57.9 Å². The molecule has 2 aliphatic carbocycles. The fraction of sp³-hybridized carbons (Fsp3) is 0.538. The minimum absolute atomic E-state index is 0.139. The first kappa shape index (κ1) is 24.8. The minimum atomic E-state index is -4.61. The number of thioether (sulfide) groups is 1. The number of amides is 1. The van der Waals surface area contributed by atoms with E-state index >= 15 is 0 Å². The molecule has 5 rings (SSSR count). The molecule has 1 unspecified atom stereocenters. The molecule has 0 bridgehead atoms. The maximum Gasteiger partial charge on any atom is 0.414 e. The summed E-state index contributed by atoms with van der Waals surface area (Å²) in [5.41, 5.74) is 4.39. The van der Waals surface area contributed by atoms with E-state index in [1.807, 2.05) is 6.07 Å². The Bertz CT molecular complexity index is 1080. The summed E-state index contributed by atoms with van der Waals surface area (Å²) in [5.74, 6) is 1.36. The van der Waals surface area contributed by atoms with Crippen molar-refractivity contribution in [2.75, 3.05) is 23.9 Å². The normalized spacial score (nSPS) is 21.5. The molecule has 0 radical (unpaired) electrons. The molecule has 2 heterocycles. The molecule has 1 aliphatic heterocycles. The highest BCUT2D eigenvalue weighted by molar-refractivity contribution is 7.99. The molecule has 9 heteroatoms. The molecule has 35 heavy (non-hydrogen) atoms. The molecule has 1 amide bonds. The molecule has 4 nitrogen and oxygen atoms in total. The van der Waals surface area contributed by atoms with Gasteiger partial charge in [0.05, 0.1) is 17.6 Å². The summed E-state index contributed by atoms with van der Waals surface area (Å²) in [6, 6.07) is 5.16. The van der Waals surface area contributed by atoms with Crippen LogP contribution in [0, 0.1) is 5.92 Å². The van der Waals surface area contributed by atoms with E-state index in [1.165, 1.54) is 48.8 Å². The number of halogens is 4. The first-order chi connectivity index (χ1) is 16.7. The minimum Gasteiger partial charge on any atom is -0.380 e. The monoisotopic (exact) mass is 523 g/mol. The molecule has 2 aromatic rings. The maximum atomic E-state index is 14.0.